The molecule has 1 saturated heterocycles. The number of nitrogens with zero attached hydrogens (tertiary/aromatic N) is 2. The number of ether oxygens (including phenoxy) is 2. The number of thioether (sulfide) groups is 1. The molecule has 7 heteroatoms. The van der Waals surface area contributed by atoms with Crippen molar-refractivity contribution in [3.8, 4) is 22.1 Å². The fraction of sp³-hybridized carbons (Fsp3) is 0.524. The molecule has 0 bridgehead atoms. The van der Waals surface area contributed by atoms with E-state index in [4.69, 9.17) is 9.47 Å². The van der Waals surface area contributed by atoms with E-state index in [1.165, 1.54) is 24.2 Å². The van der Waals surface area contributed by atoms with Gasteiger partial charge in [0, 0.05) is 23.9 Å². The average molecular weight is 421 g/mol. The van der Waals surface area contributed by atoms with Crippen molar-refractivity contribution in [2.24, 2.45) is 0 Å². The molecule has 0 N–H and O–H groups in total. The maximum absolute atomic E-state index is 13.2. The topological polar surface area (TPSA) is 51.7 Å². The van der Waals surface area contributed by atoms with Crippen LogP contribution in [0.3, 0.4) is 0 Å². The molecule has 0 saturated carbocycles. The number of hydrogen-bond acceptors (Lipinski definition) is 6. The minimum Gasteiger partial charge on any atom is -0.493 e. The molecule has 1 aliphatic rings. The lowest BCUT2D eigenvalue weighted by Gasteiger charge is -2.23. The Morgan fingerprint density at radius 2 is 2.07 bits per heavy atom. The Bertz CT molecular complexity index is 822. The van der Waals surface area contributed by atoms with Gasteiger partial charge >= 0.3 is 0 Å². The highest BCUT2D eigenvalue weighted by Gasteiger charge is 2.26. The van der Waals surface area contributed by atoms with Gasteiger partial charge in [-0.1, -0.05) is 13.3 Å². The smallest absolute Gasteiger partial charge is 0.265 e. The van der Waals surface area contributed by atoms with Crippen LogP contribution in [0.25, 0.3) is 10.6 Å². The third-order valence-electron chi connectivity index (χ3n) is 4.94. The van der Waals surface area contributed by atoms with E-state index >= 15 is 0 Å². The molecule has 5 nitrogen and oxygen atoms in total. The molecule has 1 aromatic heterocycles. The number of methoxy groups -OCH3 is 2. The van der Waals surface area contributed by atoms with Crippen molar-refractivity contribution in [1.82, 2.24) is 9.88 Å². The van der Waals surface area contributed by atoms with Crippen LogP contribution in [0.2, 0.25) is 0 Å². The summed E-state index contributed by atoms with van der Waals surface area (Å²) in [7, 11) is 3.24. The zero-order valence-corrected chi connectivity index (χ0v) is 18.6. The van der Waals surface area contributed by atoms with Crippen molar-refractivity contribution in [2.45, 2.75) is 38.4 Å². The van der Waals surface area contributed by atoms with Gasteiger partial charge in [-0.15, -0.1) is 11.3 Å². The molecular weight excluding hydrogens is 392 g/mol. The number of carbonyl (C=O) groups excluding carboxylic acids is 1. The van der Waals surface area contributed by atoms with Gasteiger partial charge in [-0.2, -0.15) is 11.8 Å². The standard InChI is InChI=1S/C21H28N2O3S2/c1-5-27-16-8-6-7-11-23(13-16)21(24)19-14(2)22-20(28-19)15-9-10-17(25-3)18(12-15)26-4/h9-10,12,16H,5-8,11,13H2,1-4H3. The van der Waals surface area contributed by atoms with Crippen LogP contribution < -0.4 is 9.47 Å². The number of amides is 1. The molecule has 1 unspecified atom stereocenters. The predicted molar refractivity (Wildman–Crippen MR) is 117 cm³/mol. The SMILES string of the molecule is CCSC1CCCCN(C(=O)c2sc(-c3ccc(OC)c(OC)c3)nc2C)C1. The fourth-order valence-corrected chi connectivity index (χ4v) is 5.61. The minimum atomic E-state index is 0.116. The summed E-state index contributed by atoms with van der Waals surface area (Å²) in [6.07, 6.45) is 3.47. The number of carbonyl (C=O) groups is 1. The van der Waals surface area contributed by atoms with Crippen LogP contribution in [0, 0.1) is 6.92 Å². The lowest BCUT2D eigenvalue weighted by Crippen LogP contribution is -2.35. The largest absolute Gasteiger partial charge is 0.493 e. The first-order chi connectivity index (χ1) is 13.6. The summed E-state index contributed by atoms with van der Waals surface area (Å²) in [6, 6.07) is 5.73. The summed E-state index contributed by atoms with van der Waals surface area (Å²) >= 11 is 3.43. The quantitative estimate of drug-likeness (QED) is 0.666. The van der Waals surface area contributed by atoms with Crippen molar-refractivity contribution in [3.05, 3.63) is 28.8 Å². The van der Waals surface area contributed by atoms with E-state index in [9.17, 15) is 4.79 Å². The van der Waals surface area contributed by atoms with E-state index in [-0.39, 0.29) is 5.91 Å². The zero-order chi connectivity index (χ0) is 20.1. The Morgan fingerprint density at radius 3 is 2.79 bits per heavy atom. The monoisotopic (exact) mass is 420 g/mol. The molecule has 1 atom stereocenters. The second-order valence-electron chi connectivity index (χ2n) is 6.83. The zero-order valence-electron chi connectivity index (χ0n) is 17.0. The lowest BCUT2D eigenvalue weighted by molar-refractivity contribution is 0.0767. The predicted octanol–water partition coefficient (Wildman–Crippen LogP) is 4.88. The molecule has 0 spiro atoms. The molecule has 0 radical (unpaired) electrons. The molecule has 1 aliphatic heterocycles. The Labute approximate surface area is 175 Å². The Hall–Kier alpha value is -1.73. The minimum absolute atomic E-state index is 0.116. The summed E-state index contributed by atoms with van der Waals surface area (Å²) in [5.74, 6) is 2.55. The van der Waals surface area contributed by atoms with Gasteiger partial charge in [0.15, 0.2) is 11.5 Å². The lowest BCUT2D eigenvalue weighted by atomic mass is 10.2. The van der Waals surface area contributed by atoms with Crippen LogP contribution in [0.4, 0.5) is 0 Å². The first kappa shape index (κ1) is 21.0. The number of thiazole rings is 1. The van der Waals surface area contributed by atoms with Gasteiger partial charge < -0.3 is 14.4 Å². The van der Waals surface area contributed by atoms with Crippen LogP contribution in [-0.2, 0) is 0 Å². The number of aromatic nitrogens is 1. The molecule has 3 rings (SSSR count). The van der Waals surface area contributed by atoms with Crippen LogP contribution in [0.1, 0.15) is 41.6 Å². The second kappa shape index (κ2) is 9.65. The Balaban J connectivity index is 1.84. The second-order valence-corrected chi connectivity index (χ2v) is 9.40. The molecule has 1 amide bonds. The summed E-state index contributed by atoms with van der Waals surface area (Å²) in [5, 5.41) is 1.37. The number of likely N-dealkylation sites (tertiary alicyclic amines) is 1. The van der Waals surface area contributed by atoms with Crippen LogP contribution in [0.5, 0.6) is 11.5 Å². The Kier molecular flexibility index (Phi) is 7.24. The van der Waals surface area contributed by atoms with Crippen molar-refractivity contribution in [3.63, 3.8) is 0 Å². The molecule has 152 valence electrons. The van der Waals surface area contributed by atoms with E-state index in [0.29, 0.717) is 16.7 Å². The molecule has 2 heterocycles. The van der Waals surface area contributed by atoms with Gasteiger partial charge in [0.25, 0.3) is 5.91 Å². The number of aryl methyl sites for hydroxylation is 1. The van der Waals surface area contributed by atoms with E-state index in [1.54, 1.807) is 14.2 Å². The van der Waals surface area contributed by atoms with E-state index in [1.807, 2.05) is 41.8 Å². The first-order valence-electron chi connectivity index (χ1n) is 9.68. The normalized spacial score (nSPS) is 17.3. The van der Waals surface area contributed by atoms with E-state index in [2.05, 4.69) is 11.9 Å². The maximum atomic E-state index is 13.2. The van der Waals surface area contributed by atoms with Gasteiger partial charge in [-0.25, -0.2) is 4.98 Å². The van der Waals surface area contributed by atoms with Crippen molar-refractivity contribution >= 4 is 29.0 Å². The van der Waals surface area contributed by atoms with E-state index < -0.39 is 0 Å². The molecule has 1 fully saturated rings. The molecule has 28 heavy (non-hydrogen) atoms. The van der Waals surface area contributed by atoms with Crippen molar-refractivity contribution < 1.29 is 14.3 Å². The molecular formula is C21H28N2O3S2. The number of rotatable bonds is 6. The highest BCUT2D eigenvalue weighted by atomic mass is 32.2. The highest BCUT2D eigenvalue weighted by Crippen LogP contribution is 2.35. The van der Waals surface area contributed by atoms with Gasteiger partial charge in [-0.05, 0) is 43.7 Å². The number of benzene rings is 1. The van der Waals surface area contributed by atoms with Gasteiger partial charge in [0.1, 0.15) is 9.88 Å². The molecule has 1 aromatic carbocycles. The van der Waals surface area contributed by atoms with Gasteiger partial charge in [-0.3, -0.25) is 4.79 Å². The van der Waals surface area contributed by atoms with Crippen molar-refractivity contribution in [2.75, 3.05) is 33.1 Å². The van der Waals surface area contributed by atoms with Crippen LogP contribution in [0.15, 0.2) is 18.2 Å². The van der Waals surface area contributed by atoms with Crippen molar-refractivity contribution in [1.29, 1.82) is 0 Å². The first-order valence-corrected chi connectivity index (χ1v) is 11.5. The van der Waals surface area contributed by atoms with Crippen LogP contribution >= 0.6 is 23.1 Å². The summed E-state index contributed by atoms with van der Waals surface area (Å²) < 4.78 is 10.7. The highest BCUT2D eigenvalue weighted by molar-refractivity contribution is 7.99. The maximum Gasteiger partial charge on any atom is 0.265 e. The summed E-state index contributed by atoms with van der Waals surface area (Å²) in [6.45, 7) is 5.78. The third kappa shape index (κ3) is 4.63. The number of hydrogen-bond donors (Lipinski definition) is 0. The summed E-state index contributed by atoms with van der Waals surface area (Å²) in [4.78, 5) is 20.7. The molecule has 0 aliphatic carbocycles. The van der Waals surface area contributed by atoms with E-state index in [0.717, 1.165) is 46.4 Å². The average Bonchev–Trinajstić information content (AvgIpc) is 2.94. The third-order valence-corrected chi connectivity index (χ3v) is 7.32. The summed E-state index contributed by atoms with van der Waals surface area (Å²) in [5.41, 5.74) is 1.73. The van der Waals surface area contributed by atoms with Crippen LogP contribution in [-0.4, -0.2) is 54.1 Å². The fourth-order valence-electron chi connectivity index (χ4n) is 3.49. The Morgan fingerprint density at radius 1 is 1.29 bits per heavy atom. The molecule has 2 aromatic rings. The van der Waals surface area contributed by atoms with Gasteiger partial charge in [0.05, 0.1) is 19.9 Å². The van der Waals surface area contributed by atoms with Gasteiger partial charge in [0.2, 0.25) is 0 Å².